The summed E-state index contributed by atoms with van der Waals surface area (Å²) in [5.74, 6) is -2.05. The molecule has 6 atom stereocenters. The second kappa shape index (κ2) is 21.4. The molecule has 2 aromatic carbocycles. The van der Waals surface area contributed by atoms with E-state index >= 15 is 0 Å². The number of aliphatic hydroxyl groups excluding tert-OH is 2. The zero-order valence-corrected chi connectivity index (χ0v) is 36.8. The Kier molecular flexibility index (Phi) is 15.5. The molecule has 5 heterocycles. The molecular formula is C42H51N15O10. The number of hydrogen-bond acceptors (Lipinski definition) is 20. The van der Waals surface area contributed by atoms with Gasteiger partial charge in [0.05, 0.1) is 50.6 Å². The molecule has 0 aliphatic carbocycles. The van der Waals surface area contributed by atoms with E-state index in [0.29, 0.717) is 52.6 Å². The van der Waals surface area contributed by atoms with Crippen molar-refractivity contribution in [3.05, 3.63) is 84.2 Å². The lowest BCUT2D eigenvalue weighted by Crippen LogP contribution is -2.53. The number of rotatable bonds is 17. The third-order valence-corrected chi connectivity index (χ3v) is 10.6. The summed E-state index contributed by atoms with van der Waals surface area (Å²) in [6.45, 7) is -0.0363. The van der Waals surface area contributed by atoms with Crippen molar-refractivity contribution in [2.75, 3.05) is 56.1 Å². The zero-order valence-electron chi connectivity index (χ0n) is 36.8. The van der Waals surface area contributed by atoms with Crippen molar-refractivity contribution >= 4 is 69.4 Å². The molecule has 12 N–H and O–H groups in total. The van der Waals surface area contributed by atoms with Crippen LogP contribution in [-0.4, -0.2) is 149 Å². The Bertz CT molecular complexity index is 2710. The Morgan fingerprint density at radius 2 is 1.66 bits per heavy atom. The van der Waals surface area contributed by atoms with Crippen LogP contribution in [0.25, 0.3) is 22.3 Å². The SMILES string of the molecule is CN(Cc1cnc2nc(N)nc(N)c2n1)c1ccc(C(=O)N[C@@H](CCC(=O)O)C(=O)O)cc1.COc1ccc(C[C@H](N)C(=O)N[C@H]2[C@@H](O)[C@H](n3cnc4c(N(C)C)ncnc43)O[C@@H]2CO)cc1. The molecule has 4 aromatic heterocycles. The van der Waals surface area contributed by atoms with Crippen LogP contribution in [0.5, 0.6) is 5.75 Å². The number of nitrogens with two attached hydrogens (primary N) is 3. The van der Waals surface area contributed by atoms with Gasteiger partial charge in [-0.05, 0) is 54.8 Å². The van der Waals surface area contributed by atoms with Crippen LogP contribution in [0.15, 0.2) is 67.4 Å². The summed E-state index contributed by atoms with van der Waals surface area (Å²) >= 11 is 0. The summed E-state index contributed by atoms with van der Waals surface area (Å²) in [4.78, 5) is 80.2. The van der Waals surface area contributed by atoms with Crippen molar-refractivity contribution in [2.24, 2.45) is 5.73 Å². The number of carbonyl (C=O) groups is 4. The predicted molar refractivity (Wildman–Crippen MR) is 242 cm³/mol. The van der Waals surface area contributed by atoms with E-state index in [-0.39, 0.29) is 30.2 Å². The maximum Gasteiger partial charge on any atom is 0.326 e. The van der Waals surface area contributed by atoms with Gasteiger partial charge in [0.1, 0.15) is 30.3 Å². The molecule has 6 aromatic rings. The lowest BCUT2D eigenvalue weighted by atomic mass is 10.0. The molecule has 25 nitrogen and oxygen atoms in total. The highest BCUT2D eigenvalue weighted by Gasteiger charge is 2.46. The van der Waals surface area contributed by atoms with Crippen LogP contribution in [0.4, 0.5) is 23.3 Å². The second-order valence-electron chi connectivity index (χ2n) is 15.5. The number of nitrogens with one attached hydrogen (secondary N) is 2. The number of imidazole rings is 1. The summed E-state index contributed by atoms with van der Waals surface area (Å²) in [7, 11) is 7.07. The Balaban J connectivity index is 0.000000221. The number of carboxylic acids is 2. The first-order valence-electron chi connectivity index (χ1n) is 20.6. The van der Waals surface area contributed by atoms with E-state index in [1.807, 2.05) is 38.2 Å². The fraction of sp³-hybridized carbons (Fsp3) is 0.357. The van der Waals surface area contributed by atoms with Crippen molar-refractivity contribution in [1.82, 2.24) is 50.1 Å². The third kappa shape index (κ3) is 11.7. The molecule has 0 radical (unpaired) electrons. The quantitative estimate of drug-likeness (QED) is 0.0555. The number of aliphatic hydroxyl groups is 2. The lowest BCUT2D eigenvalue weighted by molar-refractivity contribution is -0.140. The number of nitrogens with zero attached hydrogens (tertiary/aromatic N) is 10. The molecule has 7 rings (SSSR count). The molecule has 1 fully saturated rings. The first-order chi connectivity index (χ1) is 32.0. The molecule has 1 aliphatic heterocycles. The number of anilines is 4. The smallest absolute Gasteiger partial charge is 0.326 e. The number of carbonyl (C=O) groups excluding carboxylic acids is 2. The fourth-order valence-corrected chi connectivity index (χ4v) is 7.07. The largest absolute Gasteiger partial charge is 0.497 e. The molecule has 354 valence electrons. The maximum atomic E-state index is 12.8. The molecule has 0 bridgehead atoms. The van der Waals surface area contributed by atoms with Crippen LogP contribution in [0.1, 0.15) is 40.7 Å². The predicted octanol–water partition coefficient (Wildman–Crippen LogP) is -0.525. The van der Waals surface area contributed by atoms with Gasteiger partial charge in [0, 0.05) is 38.8 Å². The Morgan fingerprint density at radius 1 is 0.940 bits per heavy atom. The van der Waals surface area contributed by atoms with Gasteiger partial charge in [0.2, 0.25) is 11.9 Å². The highest BCUT2D eigenvalue weighted by atomic mass is 16.5. The fourth-order valence-electron chi connectivity index (χ4n) is 7.07. The minimum Gasteiger partial charge on any atom is -0.497 e. The average molecular weight is 926 g/mol. The number of ether oxygens (including phenoxy) is 2. The molecule has 2 amide bonds. The standard InChI is InChI=1S/C22H29N7O5.C20H22N8O5/c1-28(2)19-17-20(25-10-24-19)29(11-26-17)22-18(31)16(15(9-30)34-22)27-21(32)14(23)8-12-4-6-13(33-3)7-5-12;1-28(9-11-8-23-17-15(24-11)16(21)26-20(22)27-17)12-4-2-10(3-5-12)18(31)25-13(19(32)33)6-7-14(29)30/h4-7,10-11,14-16,18,22,30-31H,8-9,23H2,1-3H3,(H,27,32);2-5,8,13H,6-7,9H2,1H3,(H,25,31)(H,29,30)(H,32,33)(H4,21,22,23,26,27)/t14-,15+,16+,18+,22+;13-/m00/s1. The summed E-state index contributed by atoms with van der Waals surface area (Å²) in [6, 6.07) is 10.7. The van der Waals surface area contributed by atoms with Crippen LogP contribution in [-0.2, 0) is 32.1 Å². The Morgan fingerprint density at radius 3 is 2.30 bits per heavy atom. The highest BCUT2D eigenvalue weighted by molar-refractivity contribution is 5.97. The molecular weight excluding hydrogens is 875 g/mol. The van der Waals surface area contributed by atoms with Gasteiger partial charge < -0.3 is 67.5 Å². The number of hydrogen-bond donors (Lipinski definition) is 9. The van der Waals surface area contributed by atoms with E-state index in [0.717, 1.165) is 11.3 Å². The van der Waals surface area contributed by atoms with E-state index in [2.05, 4.69) is 45.5 Å². The van der Waals surface area contributed by atoms with Gasteiger partial charge in [-0.3, -0.25) is 19.0 Å². The molecule has 0 unspecified atom stereocenters. The van der Waals surface area contributed by atoms with Crippen LogP contribution < -0.4 is 42.4 Å². The lowest BCUT2D eigenvalue weighted by Gasteiger charge is -2.23. The van der Waals surface area contributed by atoms with Crippen molar-refractivity contribution in [1.29, 1.82) is 0 Å². The summed E-state index contributed by atoms with van der Waals surface area (Å²) in [5, 5.41) is 43.9. The molecule has 0 saturated carbocycles. The van der Waals surface area contributed by atoms with E-state index in [9.17, 15) is 34.5 Å². The number of carboxylic acid groups (broad SMARTS) is 2. The number of fused-ring (bicyclic) bond motifs is 2. The van der Waals surface area contributed by atoms with E-state index in [1.54, 1.807) is 47.0 Å². The van der Waals surface area contributed by atoms with E-state index in [4.69, 9.17) is 31.8 Å². The van der Waals surface area contributed by atoms with Gasteiger partial charge in [0.25, 0.3) is 5.91 Å². The first-order valence-corrected chi connectivity index (χ1v) is 20.6. The number of benzene rings is 2. The van der Waals surface area contributed by atoms with Crippen LogP contribution in [0.3, 0.4) is 0 Å². The first kappa shape index (κ1) is 48.6. The summed E-state index contributed by atoms with van der Waals surface area (Å²) in [6.07, 6.45) is 1.21. The van der Waals surface area contributed by atoms with Crippen molar-refractivity contribution < 1.29 is 49.1 Å². The number of amides is 2. The second-order valence-corrected chi connectivity index (χ2v) is 15.5. The minimum absolute atomic E-state index is 0.0138. The van der Waals surface area contributed by atoms with Crippen molar-refractivity contribution in [2.45, 2.75) is 62.4 Å². The maximum absolute atomic E-state index is 12.8. The number of methoxy groups -OCH3 is 1. The Labute approximate surface area is 382 Å². The van der Waals surface area contributed by atoms with Crippen LogP contribution in [0.2, 0.25) is 0 Å². The van der Waals surface area contributed by atoms with Gasteiger partial charge in [-0.25, -0.2) is 29.7 Å². The van der Waals surface area contributed by atoms with E-state index in [1.165, 1.54) is 24.8 Å². The molecule has 1 aliphatic rings. The number of nitrogen functional groups attached to an aromatic ring is 2. The zero-order chi connectivity index (χ0) is 48.5. The average Bonchev–Trinajstić information content (AvgIpc) is 3.87. The number of aliphatic carboxylic acids is 2. The van der Waals surface area contributed by atoms with Gasteiger partial charge in [0.15, 0.2) is 40.2 Å². The third-order valence-electron chi connectivity index (χ3n) is 10.6. The van der Waals surface area contributed by atoms with Crippen LogP contribution in [0, 0.1) is 0 Å². The highest BCUT2D eigenvalue weighted by Crippen LogP contribution is 2.33. The monoisotopic (exact) mass is 925 g/mol. The van der Waals surface area contributed by atoms with Crippen molar-refractivity contribution in [3.63, 3.8) is 0 Å². The molecule has 1 saturated heterocycles. The van der Waals surface area contributed by atoms with Gasteiger partial charge in [-0.2, -0.15) is 9.97 Å². The van der Waals surface area contributed by atoms with Gasteiger partial charge in [-0.15, -0.1) is 0 Å². The van der Waals surface area contributed by atoms with Crippen molar-refractivity contribution in [3.8, 4) is 5.75 Å². The summed E-state index contributed by atoms with van der Waals surface area (Å²) in [5.41, 5.74) is 21.6. The van der Waals surface area contributed by atoms with Gasteiger partial charge in [-0.1, -0.05) is 12.1 Å². The normalized spacial score (nSPS) is 17.5. The number of aromatic nitrogens is 8. The topological polar surface area (TPSA) is 371 Å². The van der Waals surface area contributed by atoms with Gasteiger partial charge >= 0.3 is 11.9 Å². The molecule has 0 spiro atoms. The Hall–Kier alpha value is -7.87. The molecule has 25 heteroatoms. The summed E-state index contributed by atoms with van der Waals surface area (Å²) < 4.78 is 12.6. The molecule has 67 heavy (non-hydrogen) atoms. The van der Waals surface area contributed by atoms with E-state index < -0.39 is 66.9 Å². The van der Waals surface area contributed by atoms with Crippen LogP contribution >= 0.6 is 0 Å². The minimum atomic E-state index is -1.30.